The van der Waals surface area contributed by atoms with Crippen LogP contribution in [0.4, 0.5) is 10.5 Å². The van der Waals surface area contributed by atoms with Crippen LogP contribution in [0.5, 0.6) is 5.75 Å². The highest BCUT2D eigenvalue weighted by Gasteiger charge is 2.37. The number of anilines is 1. The second-order valence-corrected chi connectivity index (χ2v) is 9.09. The molecule has 0 spiro atoms. The molecule has 34 heavy (non-hydrogen) atoms. The number of likely N-dealkylation sites (tertiary alicyclic amines) is 1. The number of nitrogens with zero attached hydrogens (tertiary/aromatic N) is 2. The topological polar surface area (TPSA) is 96.0 Å². The molecule has 0 unspecified atom stereocenters. The fraction of sp³-hybridized carbons (Fsp3) is 0.280. The van der Waals surface area contributed by atoms with Crippen LogP contribution in [0.25, 0.3) is 6.08 Å². The van der Waals surface area contributed by atoms with E-state index in [2.05, 4.69) is 5.32 Å². The van der Waals surface area contributed by atoms with Gasteiger partial charge in [0.1, 0.15) is 12.3 Å². The Bertz CT molecular complexity index is 1140. The fourth-order valence-electron chi connectivity index (χ4n) is 3.69. The molecular weight excluding hydrogens is 454 g/mol. The lowest BCUT2D eigenvalue weighted by Gasteiger charge is -2.18. The third-order valence-electron chi connectivity index (χ3n) is 5.53. The molecule has 2 aromatic rings. The third-order valence-corrected chi connectivity index (χ3v) is 6.43. The molecule has 2 aliphatic heterocycles. The summed E-state index contributed by atoms with van der Waals surface area (Å²) in [5.74, 6) is -0.639. The first-order chi connectivity index (χ1) is 16.4. The van der Waals surface area contributed by atoms with E-state index in [-0.39, 0.29) is 29.9 Å². The second kappa shape index (κ2) is 10.6. The summed E-state index contributed by atoms with van der Waals surface area (Å²) in [5, 5.41) is 2.29. The Hall–Kier alpha value is -3.59. The van der Waals surface area contributed by atoms with Gasteiger partial charge in [-0.25, -0.2) is 0 Å². The zero-order valence-electron chi connectivity index (χ0n) is 18.8. The van der Waals surface area contributed by atoms with Gasteiger partial charge in [-0.3, -0.25) is 24.1 Å². The van der Waals surface area contributed by atoms with E-state index in [9.17, 15) is 19.2 Å². The number of carbonyl (C=O) groups excluding carboxylic acids is 4. The number of benzene rings is 2. The van der Waals surface area contributed by atoms with Crippen molar-refractivity contribution in [3.8, 4) is 5.75 Å². The standard InChI is InChI=1S/C25H25N3O5S/c1-17-8-10-19(11-9-17)26-22(29)16-33-20-7-3-2-6-18(20)14-21-24(31)28(25(32)34-21)15-23(30)27-12-4-5-13-27/h2-3,6-11,14H,4-5,12-13,15-16H2,1H3,(H,26,29)/b21-14+. The van der Waals surface area contributed by atoms with Crippen molar-refractivity contribution in [1.29, 1.82) is 0 Å². The van der Waals surface area contributed by atoms with Crippen LogP contribution in [0.2, 0.25) is 0 Å². The van der Waals surface area contributed by atoms with Crippen molar-refractivity contribution in [2.75, 3.05) is 31.6 Å². The normalized spacial score (nSPS) is 16.9. The van der Waals surface area contributed by atoms with Gasteiger partial charge in [0.05, 0.1) is 4.91 Å². The maximum Gasteiger partial charge on any atom is 0.294 e. The zero-order chi connectivity index (χ0) is 24.1. The van der Waals surface area contributed by atoms with Gasteiger partial charge < -0.3 is 15.0 Å². The molecule has 0 aliphatic carbocycles. The van der Waals surface area contributed by atoms with Crippen molar-refractivity contribution >= 4 is 46.5 Å². The van der Waals surface area contributed by atoms with Crippen LogP contribution in [0.3, 0.4) is 0 Å². The van der Waals surface area contributed by atoms with Crippen LogP contribution in [0.1, 0.15) is 24.0 Å². The van der Waals surface area contributed by atoms with E-state index in [1.807, 2.05) is 31.2 Å². The number of hydrogen-bond donors (Lipinski definition) is 1. The Morgan fingerprint density at radius 2 is 1.76 bits per heavy atom. The largest absolute Gasteiger partial charge is 0.483 e. The van der Waals surface area contributed by atoms with Crippen molar-refractivity contribution in [3.05, 3.63) is 64.6 Å². The Morgan fingerprint density at radius 1 is 1.06 bits per heavy atom. The SMILES string of the molecule is Cc1ccc(NC(=O)COc2ccccc2/C=C2/SC(=O)N(CC(=O)N3CCCC3)C2=O)cc1. The van der Waals surface area contributed by atoms with Crippen molar-refractivity contribution in [3.63, 3.8) is 0 Å². The van der Waals surface area contributed by atoms with E-state index in [0.29, 0.717) is 30.1 Å². The van der Waals surface area contributed by atoms with Crippen LogP contribution >= 0.6 is 11.8 Å². The summed E-state index contributed by atoms with van der Waals surface area (Å²) in [6, 6.07) is 14.4. The van der Waals surface area contributed by atoms with Gasteiger partial charge in [-0.2, -0.15) is 0 Å². The molecule has 2 heterocycles. The summed E-state index contributed by atoms with van der Waals surface area (Å²) in [5.41, 5.74) is 2.32. The van der Waals surface area contributed by atoms with Crippen LogP contribution < -0.4 is 10.1 Å². The average Bonchev–Trinajstić information content (AvgIpc) is 3.45. The molecule has 2 fully saturated rings. The van der Waals surface area contributed by atoms with Gasteiger partial charge in [-0.05, 0) is 55.8 Å². The molecule has 0 saturated carbocycles. The molecule has 2 aliphatic rings. The predicted octanol–water partition coefficient (Wildman–Crippen LogP) is 3.67. The molecule has 4 rings (SSSR count). The number of amides is 4. The molecule has 0 atom stereocenters. The monoisotopic (exact) mass is 479 g/mol. The van der Waals surface area contributed by atoms with E-state index in [4.69, 9.17) is 4.74 Å². The summed E-state index contributed by atoms with van der Waals surface area (Å²) >= 11 is 0.790. The van der Waals surface area contributed by atoms with Gasteiger partial charge in [-0.15, -0.1) is 0 Å². The van der Waals surface area contributed by atoms with Crippen molar-refractivity contribution in [1.82, 2.24) is 9.80 Å². The smallest absolute Gasteiger partial charge is 0.294 e. The molecule has 0 bridgehead atoms. The Balaban J connectivity index is 1.40. The van der Waals surface area contributed by atoms with E-state index >= 15 is 0 Å². The highest BCUT2D eigenvalue weighted by atomic mass is 32.2. The number of para-hydroxylation sites is 1. The number of rotatable bonds is 7. The van der Waals surface area contributed by atoms with E-state index in [1.54, 1.807) is 35.2 Å². The van der Waals surface area contributed by atoms with Gasteiger partial charge >= 0.3 is 0 Å². The molecule has 0 aromatic heterocycles. The molecular formula is C25H25N3O5S. The van der Waals surface area contributed by atoms with Gasteiger partial charge in [0.15, 0.2) is 6.61 Å². The third kappa shape index (κ3) is 5.66. The lowest BCUT2D eigenvalue weighted by Crippen LogP contribution is -2.40. The Morgan fingerprint density at radius 3 is 2.50 bits per heavy atom. The summed E-state index contributed by atoms with van der Waals surface area (Å²) in [7, 11) is 0. The highest BCUT2D eigenvalue weighted by molar-refractivity contribution is 8.18. The first kappa shape index (κ1) is 23.6. The summed E-state index contributed by atoms with van der Waals surface area (Å²) in [4.78, 5) is 52.8. The Labute approximate surface area is 201 Å². The molecule has 1 N–H and O–H groups in total. The Kier molecular flexibility index (Phi) is 7.32. The molecule has 9 heteroatoms. The first-order valence-corrected chi connectivity index (χ1v) is 11.8. The molecule has 4 amide bonds. The van der Waals surface area contributed by atoms with Gasteiger partial charge in [-0.1, -0.05) is 35.9 Å². The zero-order valence-corrected chi connectivity index (χ0v) is 19.6. The molecule has 8 nitrogen and oxygen atoms in total. The van der Waals surface area contributed by atoms with Gasteiger partial charge in [0.2, 0.25) is 5.91 Å². The second-order valence-electron chi connectivity index (χ2n) is 8.10. The van der Waals surface area contributed by atoms with E-state index in [0.717, 1.165) is 35.1 Å². The van der Waals surface area contributed by atoms with Crippen molar-refractivity contribution < 1.29 is 23.9 Å². The molecule has 0 radical (unpaired) electrons. The minimum Gasteiger partial charge on any atom is -0.483 e. The minimum atomic E-state index is -0.505. The van der Waals surface area contributed by atoms with Crippen molar-refractivity contribution in [2.45, 2.75) is 19.8 Å². The number of carbonyl (C=O) groups is 4. The number of ether oxygens (including phenoxy) is 1. The van der Waals surface area contributed by atoms with E-state index in [1.165, 1.54) is 0 Å². The average molecular weight is 480 g/mol. The number of aryl methyl sites for hydroxylation is 1. The lowest BCUT2D eigenvalue weighted by molar-refractivity contribution is -0.135. The van der Waals surface area contributed by atoms with Crippen LogP contribution in [0.15, 0.2) is 53.4 Å². The summed E-state index contributed by atoms with van der Waals surface area (Å²) in [6.07, 6.45) is 3.43. The number of imide groups is 1. The van der Waals surface area contributed by atoms with Crippen LogP contribution in [0, 0.1) is 6.92 Å². The number of hydrogen-bond acceptors (Lipinski definition) is 6. The highest BCUT2D eigenvalue weighted by Crippen LogP contribution is 2.34. The summed E-state index contributed by atoms with van der Waals surface area (Å²) < 4.78 is 5.69. The first-order valence-electron chi connectivity index (χ1n) is 11.0. The molecule has 2 aromatic carbocycles. The quantitative estimate of drug-likeness (QED) is 0.609. The van der Waals surface area contributed by atoms with Gasteiger partial charge in [0.25, 0.3) is 17.1 Å². The van der Waals surface area contributed by atoms with E-state index < -0.39 is 11.1 Å². The molecule has 176 valence electrons. The summed E-state index contributed by atoms with van der Waals surface area (Å²) in [6.45, 7) is 2.82. The number of thioether (sulfide) groups is 1. The predicted molar refractivity (Wildman–Crippen MR) is 130 cm³/mol. The maximum absolute atomic E-state index is 12.8. The van der Waals surface area contributed by atoms with Crippen molar-refractivity contribution in [2.24, 2.45) is 0 Å². The number of nitrogens with one attached hydrogen (secondary N) is 1. The van der Waals surface area contributed by atoms with Gasteiger partial charge in [0, 0.05) is 24.3 Å². The lowest BCUT2D eigenvalue weighted by atomic mass is 10.2. The van der Waals surface area contributed by atoms with Crippen LogP contribution in [-0.4, -0.2) is 59.0 Å². The van der Waals surface area contributed by atoms with Crippen LogP contribution in [-0.2, 0) is 14.4 Å². The molecule has 2 saturated heterocycles. The fourth-order valence-corrected chi connectivity index (χ4v) is 4.52. The minimum absolute atomic E-state index is 0.208. The maximum atomic E-state index is 12.8.